The van der Waals surface area contributed by atoms with E-state index in [1.165, 1.54) is 51.4 Å². The van der Waals surface area contributed by atoms with Crippen LogP contribution in [0.1, 0.15) is 65.2 Å². The van der Waals surface area contributed by atoms with E-state index in [4.69, 9.17) is 5.73 Å². The molecule has 4 saturated carbocycles. The van der Waals surface area contributed by atoms with Gasteiger partial charge in [0.2, 0.25) is 0 Å². The quantitative estimate of drug-likeness (QED) is 0.770. The molecule has 3 unspecified atom stereocenters. The maximum absolute atomic E-state index is 6.24. The minimum atomic E-state index is 0.533. The van der Waals surface area contributed by atoms with Crippen LogP contribution in [0.3, 0.4) is 0 Å². The third-order valence-electron chi connectivity index (χ3n) is 6.90. The summed E-state index contributed by atoms with van der Waals surface area (Å²) in [6.07, 6.45) is 11.6. The predicted octanol–water partition coefficient (Wildman–Crippen LogP) is 3.97. The molecular weight excluding hydrogens is 206 g/mol. The Morgan fingerprint density at radius 2 is 1.71 bits per heavy atom. The van der Waals surface area contributed by atoms with Crippen molar-refractivity contribution in [3.8, 4) is 0 Å². The Morgan fingerprint density at radius 3 is 2.24 bits per heavy atom. The lowest BCUT2D eigenvalue weighted by atomic mass is 9.41. The summed E-state index contributed by atoms with van der Waals surface area (Å²) >= 11 is 0. The van der Waals surface area contributed by atoms with Crippen molar-refractivity contribution in [3.05, 3.63) is 0 Å². The van der Waals surface area contributed by atoms with Gasteiger partial charge in [-0.25, -0.2) is 0 Å². The van der Waals surface area contributed by atoms with E-state index in [0.29, 0.717) is 10.8 Å². The van der Waals surface area contributed by atoms with Crippen molar-refractivity contribution in [1.82, 2.24) is 0 Å². The van der Waals surface area contributed by atoms with Crippen LogP contribution in [0.15, 0.2) is 0 Å². The first kappa shape index (κ1) is 12.0. The zero-order chi connectivity index (χ0) is 12.1. The topological polar surface area (TPSA) is 26.0 Å². The molecule has 1 nitrogen and oxygen atoms in total. The van der Waals surface area contributed by atoms with Crippen molar-refractivity contribution in [3.63, 3.8) is 0 Å². The van der Waals surface area contributed by atoms with Crippen LogP contribution in [0.25, 0.3) is 0 Å². The van der Waals surface area contributed by atoms with Crippen molar-refractivity contribution in [2.24, 2.45) is 34.3 Å². The van der Waals surface area contributed by atoms with Crippen LogP contribution < -0.4 is 5.73 Å². The molecule has 0 saturated heterocycles. The van der Waals surface area contributed by atoms with Crippen LogP contribution in [0, 0.1) is 28.6 Å². The second-order valence-electron chi connectivity index (χ2n) is 7.67. The molecule has 0 aliphatic heterocycles. The first-order chi connectivity index (χ1) is 8.10. The largest absolute Gasteiger partial charge is 0.330 e. The molecule has 2 N–H and O–H groups in total. The molecule has 0 aromatic rings. The van der Waals surface area contributed by atoms with E-state index in [9.17, 15) is 0 Å². The Labute approximate surface area is 107 Å². The molecule has 4 fully saturated rings. The zero-order valence-corrected chi connectivity index (χ0v) is 11.7. The number of hydrogen-bond acceptors (Lipinski definition) is 1. The molecule has 0 aromatic heterocycles. The molecule has 4 rings (SSSR count). The molecule has 0 aromatic carbocycles. The third-order valence-corrected chi connectivity index (χ3v) is 6.90. The molecule has 0 radical (unpaired) electrons. The summed E-state index contributed by atoms with van der Waals surface area (Å²) in [6.45, 7) is 5.99. The smallest absolute Gasteiger partial charge is 0.00178 e. The Morgan fingerprint density at radius 1 is 1.00 bits per heavy atom. The van der Waals surface area contributed by atoms with Gasteiger partial charge in [0.15, 0.2) is 0 Å². The van der Waals surface area contributed by atoms with Gasteiger partial charge in [0, 0.05) is 0 Å². The highest BCUT2D eigenvalue weighted by Gasteiger charge is 2.58. The summed E-state index contributed by atoms with van der Waals surface area (Å²) < 4.78 is 0. The number of rotatable bonds is 2. The summed E-state index contributed by atoms with van der Waals surface area (Å²) in [5, 5.41) is 0. The van der Waals surface area contributed by atoms with Gasteiger partial charge in [0.05, 0.1) is 0 Å². The molecule has 0 heterocycles. The highest BCUT2D eigenvalue weighted by molar-refractivity contribution is 5.08. The molecule has 4 aliphatic rings. The lowest BCUT2D eigenvalue weighted by molar-refractivity contribution is -0.149. The summed E-state index contributed by atoms with van der Waals surface area (Å²) in [5.41, 5.74) is 7.40. The average molecular weight is 235 g/mol. The van der Waals surface area contributed by atoms with Crippen LogP contribution in [-0.4, -0.2) is 6.54 Å². The fourth-order valence-corrected chi connectivity index (χ4v) is 5.53. The van der Waals surface area contributed by atoms with Crippen molar-refractivity contribution in [2.75, 3.05) is 6.54 Å². The van der Waals surface area contributed by atoms with Crippen LogP contribution in [0.4, 0.5) is 0 Å². The minimum Gasteiger partial charge on any atom is -0.330 e. The van der Waals surface area contributed by atoms with Gasteiger partial charge < -0.3 is 5.73 Å². The van der Waals surface area contributed by atoms with Gasteiger partial charge >= 0.3 is 0 Å². The standard InChI is InChI=1S/C16H29N/c1-15(2)12-6-7-13(14(15)10-12)16(11-17)8-4-3-5-9-16/h12-14H,3-11,17H2,1-2H3. The first-order valence-electron chi connectivity index (χ1n) is 7.80. The Hall–Kier alpha value is -0.0400. The van der Waals surface area contributed by atoms with Crippen LogP contribution in [0.5, 0.6) is 0 Å². The maximum atomic E-state index is 6.24. The van der Waals surface area contributed by atoms with E-state index in [2.05, 4.69) is 13.8 Å². The van der Waals surface area contributed by atoms with Crippen LogP contribution in [-0.2, 0) is 0 Å². The average Bonchev–Trinajstić information content (AvgIpc) is 2.39. The molecular formula is C16H29N. The maximum Gasteiger partial charge on any atom is -0.00178 e. The normalized spacial score (nSPS) is 42.9. The van der Waals surface area contributed by atoms with Gasteiger partial charge in [-0.2, -0.15) is 0 Å². The van der Waals surface area contributed by atoms with Gasteiger partial charge in [-0.3, -0.25) is 0 Å². The fraction of sp³-hybridized carbons (Fsp3) is 1.00. The van der Waals surface area contributed by atoms with E-state index < -0.39 is 0 Å². The molecule has 0 amide bonds. The molecule has 4 aliphatic carbocycles. The third kappa shape index (κ3) is 1.61. The SMILES string of the molecule is CC1(C)C2CCC(C3(CN)CCCCC3)C1C2. The van der Waals surface area contributed by atoms with Crippen molar-refractivity contribution in [2.45, 2.75) is 65.2 Å². The van der Waals surface area contributed by atoms with E-state index >= 15 is 0 Å². The van der Waals surface area contributed by atoms with E-state index in [1.807, 2.05) is 0 Å². The second kappa shape index (κ2) is 3.98. The summed E-state index contributed by atoms with van der Waals surface area (Å²) in [7, 11) is 0. The van der Waals surface area contributed by atoms with Gasteiger partial charge in [0.1, 0.15) is 0 Å². The van der Waals surface area contributed by atoms with Gasteiger partial charge in [0.25, 0.3) is 0 Å². The highest BCUT2D eigenvalue weighted by atomic mass is 14.7. The number of hydrogen-bond donors (Lipinski definition) is 1. The van der Waals surface area contributed by atoms with Gasteiger partial charge in [-0.05, 0) is 67.2 Å². The molecule has 3 atom stereocenters. The molecule has 17 heavy (non-hydrogen) atoms. The van der Waals surface area contributed by atoms with Crippen LogP contribution in [0.2, 0.25) is 0 Å². The van der Waals surface area contributed by atoms with Crippen molar-refractivity contribution >= 4 is 0 Å². The summed E-state index contributed by atoms with van der Waals surface area (Å²) in [4.78, 5) is 0. The van der Waals surface area contributed by atoms with Gasteiger partial charge in [-0.1, -0.05) is 33.1 Å². The van der Waals surface area contributed by atoms with E-state index in [-0.39, 0.29) is 0 Å². The molecule has 2 bridgehead atoms. The van der Waals surface area contributed by atoms with Gasteiger partial charge in [-0.15, -0.1) is 0 Å². The second-order valence-corrected chi connectivity index (χ2v) is 7.67. The predicted molar refractivity (Wildman–Crippen MR) is 72.7 cm³/mol. The molecule has 1 heteroatoms. The lowest BCUT2D eigenvalue weighted by Gasteiger charge is -2.64. The van der Waals surface area contributed by atoms with Crippen LogP contribution >= 0.6 is 0 Å². The first-order valence-corrected chi connectivity index (χ1v) is 7.80. The Balaban J connectivity index is 1.82. The number of fused-ring (bicyclic) bond motifs is 2. The van der Waals surface area contributed by atoms with E-state index in [1.54, 1.807) is 0 Å². The zero-order valence-electron chi connectivity index (χ0n) is 11.7. The van der Waals surface area contributed by atoms with E-state index in [0.717, 1.165) is 24.3 Å². The Bertz CT molecular complexity index is 286. The molecule has 0 spiro atoms. The Kier molecular flexibility index (Phi) is 2.81. The summed E-state index contributed by atoms with van der Waals surface area (Å²) in [5.74, 6) is 2.97. The fourth-order valence-electron chi connectivity index (χ4n) is 5.53. The number of nitrogens with two attached hydrogens (primary N) is 1. The summed E-state index contributed by atoms with van der Waals surface area (Å²) in [6, 6.07) is 0. The molecule has 98 valence electrons. The monoisotopic (exact) mass is 235 g/mol. The van der Waals surface area contributed by atoms with Crippen molar-refractivity contribution < 1.29 is 0 Å². The highest BCUT2D eigenvalue weighted by Crippen LogP contribution is 2.66. The lowest BCUT2D eigenvalue weighted by Crippen LogP contribution is -2.58. The minimum absolute atomic E-state index is 0.533. The van der Waals surface area contributed by atoms with Crippen molar-refractivity contribution in [1.29, 1.82) is 0 Å².